The number of carbonyl (C=O) groups excluding carboxylic acids is 1. The maximum absolute atomic E-state index is 12.1. The first-order valence-corrected chi connectivity index (χ1v) is 6.29. The van der Waals surface area contributed by atoms with Crippen LogP contribution in [-0.4, -0.2) is 28.1 Å². The van der Waals surface area contributed by atoms with Crippen LogP contribution >= 0.6 is 11.6 Å². The van der Waals surface area contributed by atoms with Crippen LogP contribution < -0.4 is 5.32 Å². The third-order valence-corrected chi connectivity index (χ3v) is 3.06. The molecule has 0 unspecified atom stereocenters. The van der Waals surface area contributed by atoms with Gasteiger partial charge in [-0.15, -0.1) is 0 Å². The summed E-state index contributed by atoms with van der Waals surface area (Å²) in [7, 11) is 0. The summed E-state index contributed by atoms with van der Waals surface area (Å²) in [6, 6.07) is 8.89. The molecule has 0 spiro atoms. The van der Waals surface area contributed by atoms with Crippen molar-refractivity contribution in [3.05, 3.63) is 41.0 Å². The molecule has 1 heterocycles. The highest BCUT2D eigenvalue weighted by atomic mass is 35.5. The van der Waals surface area contributed by atoms with Gasteiger partial charge in [-0.3, -0.25) is 4.79 Å². The second-order valence-corrected chi connectivity index (χ2v) is 5.41. The number of aromatic nitrogens is 1. The van der Waals surface area contributed by atoms with Crippen molar-refractivity contribution in [2.45, 2.75) is 19.4 Å². The summed E-state index contributed by atoms with van der Waals surface area (Å²) >= 11 is 6.14. The monoisotopic (exact) mass is 278 g/mol. The molecule has 19 heavy (non-hydrogen) atoms. The smallest absolute Gasteiger partial charge is 0.270 e. The standard InChI is InChI=1S/C14H15ClN2O2/c1-14(2,8-18)17-13(19)12-7-10(15)9-5-3-4-6-11(9)16-12/h3-7,18H,8H2,1-2H3,(H,17,19). The predicted octanol–water partition coefficient (Wildman–Crippen LogP) is 2.39. The van der Waals surface area contributed by atoms with E-state index in [-0.39, 0.29) is 18.2 Å². The molecule has 100 valence electrons. The van der Waals surface area contributed by atoms with Crippen LogP contribution in [0, 0.1) is 0 Å². The van der Waals surface area contributed by atoms with Crippen LogP contribution in [0.5, 0.6) is 0 Å². The maximum atomic E-state index is 12.1. The molecule has 0 atom stereocenters. The van der Waals surface area contributed by atoms with E-state index in [9.17, 15) is 4.79 Å². The van der Waals surface area contributed by atoms with Gasteiger partial charge in [0.25, 0.3) is 5.91 Å². The number of hydrogen-bond acceptors (Lipinski definition) is 3. The average molecular weight is 279 g/mol. The number of amides is 1. The zero-order chi connectivity index (χ0) is 14.0. The molecule has 5 heteroatoms. The zero-order valence-electron chi connectivity index (χ0n) is 10.8. The number of hydrogen-bond donors (Lipinski definition) is 2. The topological polar surface area (TPSA) is 62.2 Å². The van der Waals surface area contributed by atoms with Crippen LogP contribution in [0.1, 0.15) is 24.3 Å². The molecule has 0 aliphatic carbocycles. The number of benzene rings is 1. The van der Waals surface area contributed by atoms with Crippen molar-refractivity contribution in [2.24, 2.45) is 0 Å². The summed E-state index contributed by atoms with van der Waals surface area (Å²) in [5.74, 6) is -0.355. The molecule has 4 nitrogen and oxygen atoms in total. The molecule has 0 fully saturated rings. The molecule has 2 aromatic rings. The molecule has 2 N–H and O–H groups in total. The average Bonchev–Trinajstić information content (AvgIpc) is 2.38. The summed E-state index contributed by atoms with van der Waals surface area (Å²) in [6.45, 7) is 3.31. The Morgan fingerprint density at radius 3 is 2.79 bits per heavy atom. The SMILES string of the molecule is CC(C)(CO)NC(=O)c1cc(Cl)c2ccccc2n1. The Kier molecular flexibility index (Phi) is 3.73. The van der Waals surface area contributed by atoms with E-state index in [1.165, 1.54) is 6.07 Å². The summed E-state index contributed by atoms with van der Waals surface area (Å²) in [5.41, 5.74) is 0.212. The number of fused-ring (bicyclic) bond motifs is 1. The van der Waals surface area contributed by atoms with Crippen molar-refractivity contribution in [1.29, 1.82) is 0 Å². The quantitative estimate of drug-likeness (QED) is 0.906. The van der Waals surface area contributed by atoms with E-state index in [1.807, 2.05) is 18.2 Å². The lowest BCUT2D eigenvalue weighted by atomic mass is 10.1. The second-order valence-electron chi connectivity index (χ2n) is 5.00. The minimum Gasteiger partial charge on any atom is -0.394 e. The molecular formula is C14H15ClN2O2. The Balaban J connectivity index is 2.38. The maximum Gasteiger partial charge on any atom is 0.270 e. The number of para-hydroxylation sites is 1. The largest absolute Gasteiger partial charge is 0.394 e. The van der Waals surface area contributed by atoms with Crippen LogP contribution in [0.2, 0.25) is 5.02 Å². The van der Waals surface area contributed by atoms with E-state index in [0.29, 0.717) is 10.5 Å². The normalized spacial score (nSPS) is 11.6. The van der Waals surface area contributed by atoms with Crippen molar-refractivity contribution in [3.63, 3.8) is 0 Å². The molecule has 0 aliphatic heterocycles. The Morgan fingerprint density at radius 2 is 2.11 bits per heavy atom. The Hall–Kier alpha value is -1.65. The van der Waals surface area contributed by atoms with Crippen LogP contribution in [-0.2, 0) is 0 Å². The predicted molar refractivity (Wildman–Crippen MR) is 75.4 cm³/mol. The molecule has 1 aromatic heterocycles. The number of nitrogens with one attached hydrogen (secondary N) is 1. The van der Waals surface area contributed by atoms with Crippen LogP contribution in [0.4, 0.5) is 0 Å². The lowest BCUT2D eigenvalue weighted by Gasteiger charge is -2.23. The summed E-state index contributed by atoms with van der Waals surface area (Å²) in [5, 5.41) is 13.2. The van der Waals surface area contributed by atoms with Crippen molar-refractivity contribution >= 4 is 28.4 Å². The van der Waals surface area contributed by atoms with E-state index in [1.54, 1.807) is 19.9 Å². The fourth-order valence-electron chi connectivity index (χ4n) is 1.66. The molecule has 0 radical (unpaired) electrons. The van der Waals surface area contributed by atoms with Crippen molar-refractivity contribution in [3.8, 4) is 0 Å². The highest BCUT2D eigenvalue weighted by molar-refractivity contribution is 6.35. The Labute approximate surface area is 116 Å². The van der Waals surface area contributed by atoms with Gasteiger partial charge in [0.1, 0.15) is 5.69 Å². The number of rotatable bonds is 3. The van der Waals surface area contributed by atoms with E-state index >= 15 is 0 Å². The van der Waals surface area contributed by atoms with Gasteiger partial charge in [-0.2, -0.15) is 0 Å². The molecule has 1 amide bonds. The number of aliphatic hydroxyl groups excluding tert-OH is 1. The van der Waals surface area contributed by atoms with Gasteiger partial charge in [-0.1, -0.05) is 29.8 Å². The van der Waals surface area contributed by atoms with Crippen molar-refractivity contribution < 1.29 is 9.90 Å². The number of nitrogens with zero attached hydrogens (tertiary/aromatic N) is 1. The van der Waals surface area contributed by atoms with Crippen LogP contribution in [0.15, 0.2) is 30.3 Å². The number of carbonyl (C=O) groups is 1. The first-order chi connectivity index (χ1) is 8.93. The van der Waals surface area contributed by atoms with Gasteiger partial charge in [-0.05, 0) is 26.0 Å². The Morgan fingerprint density at radius 1 is 1.42 bits per heavy atom. The molecule has 0 saturated heterocycles. The number of halogens is 1. The van der Waals surface area contributed by atoms with Gasteiger partial charge < -0.3 is 10.4 Å². The first kappa shape index (κ1) is 13.8. The van der Waals surface area contributed by atoms with Gasteiger partial charge in [-0.25, -0.2) is 4.98 Å². The van der Waals surface area contributed by atoms with Crippen molar-refractivity contribution in [2.75, 3.05) is 6.61 Å². The summed E-state index contributed by atoms with van der Waals surface area (Å²) < 4.78 is 0. The fourth-order valence-corrected chi connectivity index (χ4v) is 1.92. The number of pyridine rings is 1. The van der Waals surface area contributed by atoms with E-state index in [4.69, 9.17) is 16.7 Å². The van der Waals surface area contributed by atoms with E-state index in [0.717, 1.165) is 5.39 Å². The van der Waals surface area contributed by atoms with Crippen LogP contribution in [0.25, 0.3) is 10.9 Å². The van der Waals surface area contributed by atoms with Gasteiger partial charge in [0.2, 0.25) is 0 Å². The summed E-state index contributed by atoms with van der Waals surface area (Å²) in [4.78, 5) is 16.3. The van der Waals surface area contributed by atoms with Gasteiger partial charge >= 0.3 is 0 Å². The highest BCUT2D eigenvalue weighted by Crippen LogP contribution is 2.22. The van der Waals surface area contributed by atoms with Gasteiger partial charge in [0.05, 0.1) is 22.7 Å². The number of aliphatic hydroxyl groups is 1. The second kappa shape index (κ2) is 5.15. The first-order valence-electron chi connectivity index (χ1n) is 5.91. The molecule has 0 saturated carbocycles. The molecule has 0 aliphatic rings. The zero-order valence-corrected chi connectivity index (χ0v) is 11.5. The highest BCUT2D eigenvalue weighted by Gasteiger charge is 2.21. The minimum absolute atomic E-state index is 0.153. The van der Waals surface area contributed by atoms with E-state index < -0.39 is 5.54 Å². The summed E-state index contributed by atoms with van der Waals surface area (Å²) in [6.07, 6.45) is 0. The molecular weight excluding hydrogens is 264 g/mol. The van der Waals surface area contributed by atoms with Gasteiger partial charge in [0.15, 0.2) is 0 Å². The third-order valence-electron chi connectivity index (χ3n) is 2.75. The fraction of sp³-hybridized carbons (Fsp3) is 0.286. The lowest BCUT2D eigenvalue weighted by molar-refractivity contribution is 0.0864. The minimum atomic E-state index is -0.698. The lowest BCUT2D eigenvalue weighted by Crippen LogP contribution is -2.46. The third kappa shape index (κ3) is 3.03. The van der Waals surface area contributed by atoms with Crippen LogP contribution in [0.3, 0.4) is 0 Å². The Bertz CT molecular complexity index is 626. The molecule has 0 bridgehead atoms. The molecule has 1 aromatic carbocycles. The van der Waals surface area contributed by atoms with E-state index in [2.05, 4.69) is 10.3 Å². The molecule has 2 rings (SSSR count). The van der Waals surface area contributed by atoms with Crippen molar-refractivity contribution in [1.82, 2.24) is 10.3 Å². The van der Waals surface area contributed by atoms with Gasteiger partial charge in [0, 0.05) is 5.39 Å².